The topological polar surface area (TPSA) is 110 Å². The lowest BCUT2D eigenvalue weighted by Crippen LogP contribution is -2.32. The van der Waals surface area contributed by atoms with E-state index in [1.165, 1.54) is 6.20 Å². The molecule has 0 saturated heterocycles. The van der Waals surface area contributed by atoms with Crippen molar-refractivity contribution in [3.05, 3.63) is 62.9 Å². The number of aromatic nitrogens is 2. The van der Waals surface area contributed by atoms with E-state index in [1.54, 1.807) is 12.1 Å². The molecule has 1 aromatic heterocycles. The number of nitrogens with zero attached hydrogens (tertiary/aromatic N) is 1. The molecule has 1 heterocycles. The summed E-state index contributed by atoms with van der Waals surface area (Å²) < 4.78 is 5.78. The second-order valence-corrected chi connectivity index (χ2v) is 5.00. The van der Waals surface area contributed by atoms with Crippen LogP contribution in [0, 0.1) is 0 Å². The fraction of sp³-hybridized carbons (Fsp3) is 0.250. The molecule has 126 valence electrons. The Bertz CT molecular complexity index is 836. The van der Waals surface area contributed by atoms with Crippen LogP contribution in [0.1, 0.15) is 12.5 Å². The molecule has 0 spiro atoms. The van der Waals surface area contributed by atoms with E-state index in [2.05, 4.69) is 5.32 Å². The molecule has 0 aliphatic heterocycles. The van der Waals surface area contributed by atoms with Crippen LogP contribution in [0.25, 0.3) is 0 Å². The van der Waals surface area contributed by atoms with Crippen molar-refractivity contribution in [3.8, 4) is 0 Å². The smallest absolute Gasteiger partial charge is 0.328 e. The monoisotopic (exact) mass is 331 g/mol. The molecule has 2 N–H and O–H groups in total. The number of carbonyl (C=O) groups excluding carboxylic acids is 2. The summed E-state index contributed by atoms with van der Waals surface area (Å²) in [5.74, 6) is -1.25. The molecule has 2 rings (SSSR count). The highest BCUT2D eigenvalue weighted by Gasteiger charge is 2.09. The van der Waals surface area contributed by atoms with Gasteiger partial charge in [0.1, 0.15) is 6.54 Å². The summed E-state index contributed by atoms with van der Waals surface area (Å²) in [5.41, 5.74) is 0.467. The number of aromatic amines is 1. The Morgan fingerprint density at radius 2 is 1.88 bits per heavy atom. The number of esters is 1. The average molecular weight is 331 g/mol. The van der Waals surface area contributed by atoms with Gasteiger partial charge in [0, 0.05) is 18.0 Å². The zero-order valence-corrected chi connectivity index (χ0v) is 13.1. The summed E-state index contributed by atoms with van der Waals surface area (Å²) in [7, 11) is 0. The van der Waals surface area contributed by atoms with Crippen molar-refractivity contribution in [3.63, 3.8) is 0 Å². The highest BCUT2D eigenvalue weighted by molar-refractivity contribution is 5.92. The number of nitrogens with one attached hydrogen (secondary N) is 2. The summed E-state index contributed by atoms with van der Waals surface area (Å²) in [6.45, 7) is 1.17. The quantitative estimate of drug-likeness (QED) is 0.739. The standard InChI is InChI=1S/C16H17N3O5/c1-2-11-3-5-12(6-4-11)17-14(21)10-24-15(22)9-19-8-7-13(20)18-16(19)23/h3-8H,2,9-10H2,1H3,(H,17,21)(H,18,20,23). The number of amides is 1. The van der Waals surface area contributed by atoms with Crippen LogP contribution in [0.4, 0.5) is 5.69 Å². The number of aryl methyl sites for hydroxylation is 1. The van der Waals surface area contributed by atoms with Gasteiger partial charge in [0.15, 0.2) is 6.61 Å². The minimum absolute atomic E-state index is 0.395. The van der Waals surface area contributed by atoms with Crippen LogP contribution in [-0.2, 0) is 27.3 Å². The number of hydrogen-bond donors (Lipinski definition) is 2. The molecule has 8 heteroatoms. The van der Waals surface area contributed by atoms with E-state index in [4.69, 9.17) is 4.74 Å². The van der Waals surface area contributed by atoms with E-state index in [9.17, 15) is 19.2 Å². The Hall–Kier alpha value is -3.16. The second kappa shape index (κ2) is 7.91. The summed E-state index contributed by atoms with van der Waals surface area (Å²) in [5, 5.41) is 2.60. The van der Waals surface area contributed by atoms with Gasteiger partial charge in [-0.05, 0) is 24.1 Å². The zero-order chi connectivity index (χ0) is 17.5. The number of anilines is 1. The maximum atomic E-state index is 11.7. The Morgan fingerprint density at radius 3 is 2.50 bits per heavy atom. The lowest BCUT2D eigenvalue weighted by Gasteiger charge is -2.08. The van der Waals surface area contributed by atoms with E-state index in [0.717, 1.165) is 22.6 Å². The molecule has 0 unspecified atom stereocenters. The molecule has 0 bridgehead atoms. The molecule has 24 heavy (non-hydrogen) atoms. The summed E-state index contributed by atoms with van der Waals surface area (Å²) in [6, 6.07) is 8.42. The van der Waals surface area contributed by atoms with Gasteiger partial charge in [-0.1, -0.05) is 19.1 Å². The van der Waals surface area contributed by atoms with Gasteiger partial charge in [0.25, 0.3) is 11.5 Å². The van der Waals surface area contributed by atoms with E-state index in [-0.39, 0.29) is 0 Å². The summed E-state index contributed by atoms with van der Waals surface area (Å²) in [6.07, 6.45) is 2.08. The number of carbonyl (C=O) groups is 2. The number of benzene rings is 1. The van der Waals surface area contributed by atoms with Gasteiger partial charge in [-0.15, -0.1) is 0 Å². The Morgan fingerprint density at radius 1 is 1.17 bits per heavy atom. The first kappa shape index (κ1) is 17.2. The fourth-order valence-corrected chi connectivity index (χ4v) is 1.92. The van der Waals surface area contributed by atoms with E-state index in [0.29, 0.717) is 5.69 Å². The van der Waals surface area contributed by atoms with Crippen LogP contribution >= 0.6 is 0 Å². The van der Waals surface area contributed by atoms with Crippen LogP contribution in [0.3, 0.4) is 0 Å². The lowest BCUT2D eigenvalue weighted by atomic mass is 10.1. The largest absolute Gasteiger partial charge is 0.454 e. The number of H-pyrrole nitrogens is 1. The van der Waals surface area contributed by atoms with Crippen molar-refractivity contribution in [2.45, 2.75) is 19.9 Å². The summed E-state index contributed by atoms with van der Waals surface area (Å²) >= 11 is 0. The fourth-order valence-electron chi connectivity index (χ4n) is 1.92. The molecule has 1 amide bonds. The van der Waals surface area contributed by atoms with Crippen molar-refractivity contribution >= 4 is 17.6 Å². The molecular formula is C16H17N3O5. The SMILES string of the molecule is CCc1ccc(NC(=O)COC(=O)Cn2ccc(=O)[nH]c2=O)cc1. The molecule has 2 aromatic rings. The second-order valence-electron chi connectivity index (χ2n) is 5.00. The van der Waals surface area contributed by atoms with E-state index < -0.39 is 36.3 Å². The van der Waals surface area contributed by atoms with Gasteiger partial charge < -0.3 is 10.1 Å². The average Bonchev–Trinajstić information content (AvgIpc) is 2.56. The molecule has 0 atom stereocenters. The first-order chi connectivity index (χ1) is 11.5. The van der Waals surface area contributed by atoms with Gasteiger partial charge in [0.05, 0.1) is 0 Å². The Kier molecular flexibility index (Phi) is 5.67. The van der Waals surface area contributed by atoms with Gasteiger partial charge >= 0.3 is 11.7 Å². The molecule has 1 aromatic carbocycles. The molecule has 0 aliphatic carbocycles. The Balaban J connectivity index is 1.83. The highest BCUT2D eigenvalue weighted by atomic mass is 16.5. The normalized spacial score (nSPS) is 10.2. The van der Waals surface area contributed by atoms with Gasteiger partial charge in [-0.3, -0.25) is 23.9 Å². The Labute approximate surface area is 137 Å². The van der Waals surface area contributed by atoms with Gasteiger partial charge in [-0.2, -0.15) is 0 Å². The maximum absolute atomic E-state index is 11.7. The van der Waals surface area contributed by atoms with E-state index in [1.807, 2.05) is 24.0 Å². The first-order valence-electron chi connectivity index (χ1n) is 7.32. The molecule has 0 fully saturated rings. The van der Waals surface area contributed by atoms with Crippen LogP contribution in [-0.4, -0.2) is 28.0 Å². The summed E-state index contributed by atoms with van der Waals surface area (Å²) in [4.78, 5) is 47.7. The van der Waals surface area contributed by atoms with Crippen LogP contribution in [0.15, 0.2) is 46.1 Å². The van der Waals surface area contributed by atoms with Crippen molar-refractivity contribution in [2.75, 3.05) is 11.9 Å². The van der Waals surface area contributed by atoms with E-state index >= 15 is 0 Å². The van der Waals surface area contributed by atoms with Crippen LogP contribution < -0.4 is 16.6 Å². The minimum Gasteiger partial charge on any atom is -0.454 e. The third-order valence-electron chi connectivity index (χ3n) is 3.21. The third-order valence-corrected chi connectivity index (χ3v) is 3.21. The number of hydrogen-bond acceptors (Lipinski definition) is 5. The molecule has 0 radical (unpaired) electrons. The van der Waals surface area contributed by atoms with Crippen molar-refractivity contribution in [1.29, 1.82) is 0 Å². The maximum Gasteiger partial charge on any atom is 0.328 e. The van der Waals surface area contributed by atoms with Crippen LogP contribution in [0.2, 0.25) is 0 Å². The highest BCUT2D eigenvalue weighted by Crippen LogP contribution is 2.09. The first-order valence-corrected chi connectivity index (χ1v) is 7.32. The van der Waals surface area contributed by atoms with Gasteiger partial charge in [0.2, 0.25) is 0 Å². The lowest BCUT2D eigenvalue weighted by molar-refractivity contribution is -0.148. The zero-order valence-electron chi connectivity index (χ0n) is 13.1. The molecule has 0 saturated carbocycles. The van der Waals surface area contributed by atoms with Crippen molar-refractivity contribution in [2.24, 2.45) is 0 Å². The molecule has 8 nitrogen and oxygen atoms in total. The third kappa shape index (κ3) is 4.94. The molecular weight excluding hydrogens is 314 g/mol. The number of rotatable bonds is 6. The minimum atomic E-state index is -0.763. The van der Waals surface area contributed by atoms with Crippen LogP contribution in [0.5, 0.6) is 0 Å². The predicted molar refractivity (Wildman–Crippen MR) is 86.7 cm³/mol. The van der Waals surface area contributed by atoms with Gasteiger partial charge in [-0.25, -0.2) is 4.79 Å². The number of ether oxygens (including phenoxy) is 1. The molecule has 0 aliphatic rings. The predicted octanol–water partition coefficient (Wildman–Crippen LogP) is 0.281. The van der Waals surface area contributed by atoms with Crippen molar-refractivity contribution < 1.29 is 14.3 Å². The van der Waals surface area contributed by atoms with Crippen molar-refractivity contribution in [1.82, 2.24) is 9.55 Å².